The number of nitrogens with one attached hydrogen (secondary N) is 1. The maximum absolute atomic E-state index is 12.0. The second kappa shape index (κ2) is 5.46. The van der Waals surface area contributed by atoms with Crippen molar-refractivity contribution in [3.63, 3.8) is 0 Å². The first-order valence-corrected chi connectivity index (χ1v) is 9.45. The van der Waals surface area contributed by atoms with Crippen LogP contribution in [0, 0.1) is 0 Å². The maximum Gasteiger partial charge on any atom is 0.159 e. The fourth-order valence-electron chi connectivity index (χ4n) is 2.40. The maximum atomic E-state index is 12.0. The van der Waals surface area contributed by atoms with Gasteiger partial charge in [-0.2, -0.15) is 0 Å². The third kappa shape index (κ3) is 3.32. The van der Waals surface area contributed by atoms with Crippen LogP contribution in [0.3, 0.4) is 0 Å². The highest BCUT2D eigenvalue weighted by Crippen LogP contribution is 2.34. The number of hydrogen-bond acceptors (Lipinski definition) is 6. The van der Waals surface area contributed by atoms with Crippen LogP contribution in [0.15, 0.2) is 0 Å². The summed E-state index contributed by atoms with van der Waals surface area (Å²) in [5, 5.41) is 12.9. The van der Waals surface area contributed by atoms with Crippen molar-refractivity contribution in [2.24, 2.45) is 0 Å². The lowest BCUT2D eigenvalue weighted by molar-refractivity contribution is 0.544. The van der Waals surface area contributed by atoms with Crippen molar-refractivity contribution in [3.05, 3.63) is 10.0 Å². The highest BCUT2D eigenvalue weighted by Gasteiger charge is 2.33. The smallest absolute Gasteiger partial charge is 0.159 e. The first-order chi connectivity index (χ1) is 9.15. The van der Waals surface area contributed by atoms with Crippen molar-refractivity contribution in [2.75, 3.05) is 12.3 Å². The van der Waals surface area contributed by atoms with E-state index in [4.69, 9.17) is 0 Å². The molecule has 106 valence electrons. The molecule has 2 heterocycles. The third-order valence-corrected chi connectivity index (χ3v) is 7.12. The summed E-state index contributed by atoms with van der Waals surface area (Å²) in [4.78, 5) is 0. The Bertz CT molecular complexity index is 537. The summed E-state index contributed by atoms with van der Waals surface area (Å²) in [7, 11) is -2.99. The molecule has 5 nitrogen and oxygen atoms in total. The predicted molar refractivity (Wildman–Crippen MR) is 75.0 cm³/mol. The Morgan fingerprint density at radius 3 is 2.79 bits per heavy atom. The van der Waals surface area contributed by atoms with Gasteiger partial charge in [0.1, 0.15) is 15.3 Å². The van der Waals surface area contributed by atoms with Gasteiger partial charge < -0.3 is 5.32 Å². The van der Waals surface area contributed by atoms with E-state index in [1.807, 2.05) is 0 Å². The molecule has 1 N–H and O–H groups in total. The van der Waals surface area contributed by atoms with Crippen LogP contribution in [0.2, 0.25) is 0 Å². The topological polar surface area (TPSA) is 72.0 Å². The minimum absolute atomic E-state index is 0.301. The molecule has 1 aliphatic carbocycles. The van der Waals surface area contributed by atoms with Crippen molar-refractivity contribution in [1.82, 2.24) is 15.5 Å². The summed E-state index contributed by atoms with van der Waals surface area (Å²) < 4.78 is 24.1. The normalized spacial score (nSPS) is 26.4. The van der Waals surface area contributed by atoms with E-state index >= 15 is 0 Å². The molecule has 1 aromatic heterocycles. The van der Waals surface area contributed by atoms with Gasteiger partial charge in [-0.1, -0.05) is 6.42 Å². The average molecular weight is 301 g/mol. The Hall–Kier alpha value is -0.530. The highest BCUT2D eigenvalue weighted by atomic mass is 32.2. The summed E-state index contributed by atoms with van der Waals surface area (Å²) in [6, 6.07) is 0.700. The molecule has 1 aliphatic heterocycles. The van der Waals surface area contributed by atoms with Crippen molar-refractivity contribution >= 4 is 21.2 Å². The SMILES string of the molecule is O=S1(=O)CCCCC1c1nnc(CCNC2CC2)s1. The molecule has 2 aliphatic rings. The minimum atomic E-state index is -2.99. The summed E-state index contributed by atoms with van der Waals surface area (Å²) in [5.41, 5.74) is 0. The molecule has 0 amide bonds. The van der Waals surface area contributed by atoms with E-state index in [1.165, 1.54) is 24.2 Å². The third-order valence-electron chi connectivity index (χ3n) is 3.69. The van der Waals surface area contributed by atoms with Crippen molar-refractivity contribution < 1.29 is 8.42 Å². The number of rotatable bonds is 5. The van der Waals surface area contributed by atoms with Gasteiger partial charge in [0.05, 0.1) is 5.75 Å². The fraction of sp³-hybridized carbons (Fsp3) is 0.833. The molecule has 1 saturated heterocycles. The lowest BCUT2D eigenvalue weighted by Crippen LogP contribution is -2.21. The monoisotopic (exact) mass is 301 g/mol. The summed E-state index contributed by atoms with van der Waals surface area (Å²) in [5.74, 6) is 0.301. The Kier molecular flexibility index (Phi) is 3.86. The van der Waals surface area contributed by atoms with E-state index in [0.717, 1.165) is 30.8 Å². The quantitative estimate of drug-likeness (QED) is 0.891. The molecule has 1 aromatic rings. The van der Waals surface area contributed by atoms with E-state index in [-0.39, 0.29) is 0 Å². The second-order valence-electron chi connectivity index (χ2n) is 5.36. The summed E-state index contributed by atoms with van der Waals surface area (Å²) in [6.45, 7) is 0.913. The molecule has 19 heavy (non-hydrogen) atoms. The van der Waals surface area contributed by atoms with Gasteiger partial charge in [-0.15, -0.1) is 21.5 Å². The molecule has 2 fully saturated rings. The number of aromatic nitrogens is 2. The summed E-state index contributed by atoms with van der Waals surface area (Å²) >= 11 is 1.47. The van der Waals surface area contributed by atoms with Crippen LogP contribution in [0.5, 0.6) is 0 Å². The van der Waals surface area contributed by atoms with E-state index in [2.05, 4.69) is 15.5 Å². The van der Waals surface area contributed by atoms with Gasteiger partial charge in [-0.25, -0.2) is 8.42 Å². The van der Waals surface area contributed by atoms with Gasteiger partial charge in [0.25, 0.3) is 0 Å². The highest BCUT2D eigenvalue weighted by molar-refractivity contribution is 7.91. The molecular formula is C12H19N3O2S2. The Balaban J connectivity index is 1.62. The van der Waals surface area contributed by atoms with Crippen LogP contribution < -0.4 is 5.32 Å². The zero-order valence-corrected chi connectivity index (χ0v) is 12.5. The molecule has 1 atom stereocenters. The molecular weight excluding hydrogens is 282 g/mol. The van der Waals surface area contributed by atoms with Crippen LogP contribution in [0.4, 0.5) is 0 Å². The molecule has 1 unspecified atom stereocenters. The van der Waals surface area contributed by atoms with Crippen LogP contribution >= 0.6 is 11.3 Å². The van der Waals surface area contributed by atoms with Gasteiger partial charge in [-0.05, 0) is 25.7 Å². The molecule has 0 radical (unpaired) electrons. The van der Waals surface area contributed by atoms with Gasteiger partial charge >= 0.3 is 0 Å². The molecule has 0 bridgehead atoms. The molecule has 7 heteroatoms. The number of sulfone groups is 1. The second-order valence-corrected chi connectivity index (χ2v) is 8.76. The largest absolute Gasteiger partial charge is 0.314 e. The van der Waals surface area contributed by atoms with Gasteiger partial charge in [-0.3, -0.25) is 0 Å². The van der Waals surface area contributed by atoms with Crippen molar-refractivity contribution in [2.45, 2.75) is 49.8 Å². The molecule has 1 saturated carbocycles. The van der Waals surface area contributed by atoms with Gasteiger partial charge in [0, 0.05) is 19.0 Å². The molecule has 3 rings (SSSR count). The van der Waals surface area contributed by atoms with Crippen LogP contribution in [0.1, 0.15) is 47.4 Å². The van der Waals surface area contributed by atoms with Crippen LogP contribution in [0.25, 0.3) is 0 Å². The standard InChI is InChI=1S/C12H19N3O2S2/c16-19(17)8-2-1-3-10(19)12-15-14-11(18-12)6-7-13-9-4-5-9/h9-10,13H,1-8H2. The first kappa shape index (κ1) is 13.5. The Morgan fingerprint density at radius 1 is 1.21 bits per heavy atom. The lowest BCUT2D eigenvalue weighted by atomic mass is 10.2. The van der Waals surface area contributed by atoms with E-state index in [1.54, 1.807) is 0 Å². The van der Waals surface area contributed by atoms with E-state index in [9.17, 15) is 8.42 Å². The number of nitrogens with zero attached hydrogens (tertiary/aromatic N) is 2. The zero-order chi connectivity index (χ0) is 13.3. The predicted octanol–water partition coefficient (Wildman–Crippen LogP) is 1.47. The van der Waals surface area contributed by atoms with Gasteiger partial charge in [0.2, 0.25) is 0 Å². The van der Waals surface area contributed by atoms with Gasteiger partial charge in [0.15, 0.2) is 9.84 Å². The fourth-order valence-corrected chi connectivity index (χ4v) is 5.61. The van der Waals surface area contributed by atoms with E-state index in [0.29, 0.717) is 23.2 Å². The minimum Gasteiger partial charge on any atom is -0.314 e. The van der Waals surface area contributed by atoms with Crippen molar-refractivity contribution in [1.29, 1.82) is 0 Å². The number of hydrogen-bond donors (Lipinski definition) is 1. The zero-order valence-electron chi connectivity index (χ0n) is 10.8. The van der Waals surface area contributed by atoms with Crippen LogP contribution in [-0.4, -0.2) is 37.0 Å². The Labute approximate surface area is 117 Å². The summed E-state index contributed by atoms with van der Waals surface area (Å²) in [6.07, 6.45) is 5.87. The lowest BCUT2D eigenvalue weighted by Gasteiger charge is -2.19. The Morgan fingerprint density at radius 2 is 2.05 bits per heavy atom. The molecule has 0 spiro atoms. The van der Waals surface area contributed by atoms with E-state index < -0.39 is 15.1 Å². The van der Waals surface area contributed by atoms with Crippen LogP contribution in [-0.2, 0) is 16.3 Å². The average Bonchev–Trinajstić information content (AvgIpc) is 3.07. The molecule has 0 aromatic carbocycles. The van der Waals surface area contributed by atoms with Crippen molar-refractivity contribution in [3.8, 4) is 0 Å². The first-order valence-electron chi connectivity index (χ1n) is 6.92.